The Balaban J connectivity index is 1.41. The van der Waals surface area contributed by atoms with Gasteiger partial charge in [0.2, 0.25) is 0 Å². The van der Waals surface area contributed by atoms with Crippen LogP contribution in [0, 0.1) is 22.7 Å². The van der Waals surface area contributed by atoms with Crippen LogP contribution in [0.15, 0.2) is 115 Å². The Bertz CT molecular complexity index is 2710. The van der Waals surface area contributed by atoms with Crippen LogP contribution in [0.5, 0.6) is 0 Å². The third-order valence-corrected chi connectivity index (χ3v) is 11.0. The van der Waals surface area contributed by atoms with Crippen LogP contribution in [0.2, 0.25) is 0 Å². The molecule has 0 aliphatic rings. The van der Waals surface area contributed by atoms with Gasteiger partial charge in [-0.2, -0.15) is 10.5 Å². The number of nitrogens with zero attached hydrogens (tertiary/aromatic N) is 3. The molecule has 0 spiro atoms. The van der Waals surface area contributed by atoms with Gasteiger partial charge in [0.25, 0.3) is 0 Å². The molecular weight excluding hydrogens is 563 g/mol. The summed E-state index contributed by atoms with van der Waals surface area (Å²) in [6.45, 7) is 0. The quantitative estimate of drug-likeness (QED) is 0.204. The van der Waals surface area contributed by atoms with Gasteiger partial charge < -0.3 is 4.57 Å². The average Bonchev–Trinajstić information content (AvgIpc) is 3.74. The molecule has 198 valence electrons. The molecule has 0 N–H and O–H groups in total. The molecule has 5 heteroatoms. The summed E-state index contributed by atoms with van der Waals surface area (Å²) in [6.07, 6.45) is 0. The normalized spacial score (nSPS) is 11.7. The molecule has 0 saturated heterocycles. The summed E-state index contributed by atoms with van der Waals surface area (Å²) in [5, 5.41) is 27.0. The largest absolute Gasteiger partial charge is 0.308 e. The Morgan fingerprint density at radius 1 is 0.512 bits per heavy atom. The zero-order valence-electron chi connectivity index (χ0n) is 22.6. The highest BCUT2D eigenvalue weighted by Gasteiger charge is 2.21. The van der Waals surface area contributed by atoms with E-state index in [0.29, 0.717) is 11.1 Å². The van der Waals surface area contributed by atoms with Crippen molar-refractivity contribution in [2.45, 2.75) is 0 Å². The molecule has 3 heterocycles. The molecule has 0 fully saturated rings. The first-order valence-corrected chi connectivity index (χ1v) is 15.6. The lowest BCUT2D eigenvalue weighted by Crippen LogP contribution is -1.94. The van der Waals surface area contributed by atoms with Crippen molar-refractivity contribution < 1.29 is 0 Å². The van der Waals surface area contributed by atoms with Gasteiger partial charge in [-0.3, -0.25) is 0 Å². The van der Waals surface area contributed by atoms with Crippen LogP contribution in [0.3, 0.4) is 0 Å². The second-order valence-corrected chi connectivity index (χ2v) is 12.8. The van der Waals surface area contributed by atoms with Crippen molar-refractivity contribution in [3.05, 3.63) is 126 Å². The Morgan fingerprint density at radius 3 is 2.16 bits per heavy atom. The fraction of sp³-hybridized carbons (Fsp3) is 0. The van der Waals surface area contributed by atoms with E-state index in [2.05, 4.69) is 114 Å². The van der Waals surface area contributed by atoms with E-state index in [-0.39, 0.29) is 0 Å². The number of thiophene rings is 2. The van der Waals surface area contributed by atoms with E-state index in [1.54, 1.807) is 11.3 Å². The molecule has 0 radical (unpaired) electrons. The molecule has 0 bridgehead atoms. The molecule has 43 heavy (non-hydrogen) atoms. The maximum atomic E-state index is 10.2. The summed E-state index contributed by atoms with van der Waals surface area (Å²) in [4.78, 5) is 0. The Kier molecular flexibility index (Phi) is 5.07. The first kappa shape index (κ1) is 24.2. The maximum absolute atomic E-state index is 10.2. The molecule has 0 unspecified atom stereocenters. The Hall–Kier alpha value is -5.46. The monoisotopic (exact) mass is 581 g/mol. The van der Waals surface area contributed by atoms with E-state index < -0.39 is 0 Å². The number of benzene rings is 6. The van der Waals surface area contributed by atoms with Crippen LogP contribution in [0.25, 0.3) is 79.0 Å². The van der Waals surface area contributed by atoms with Gasteiger partial charge in [0.15, 0.2) is 0 Å². The molecule has 3 nitrogen and oxygen atoms in total. The SMILES string of the molecule is N#Cc1ccc2c3ccccc3n(-c3cccc4c3sc3c(C#N)ccc(-c5cccc6c5sc5ccccc56)c34)c2c1. The van der Waals surface area contributed by atoms with Crippen molar-refractivity contribution in [3.63, 3.8) is 0 Å². The molecule has 9 aromatic rings. The third-order valence-electron chi connectivity index (χ3n) is 8.48. The molecule has 0 amide bonds. The predicted molar refractivity (Wildman–Crippen MR) is 181 cm³/mol. The lowest BCUT2D eigenvalue weighted by atomic mass is 9.96. The molecule has 0 aliphatic carbocycles. The Labute approximate surface area is 254 Å². The lowest BCUT2D eigenvalue weighted by molar-refractivity contribution is 1.20. The van der Waals surface area contributed by atoms with Crippen LogP contribution in [0.4, 0.5) is 0 Å². The first-order chi connectivity index (χ1) is 21.2. The van der Waals surface area contributed by atoms with Crippen molar-refractivity contribution in [1.29, 1.82) is 10.5 Å². The second kappa shape index (κ2) is 9.02. The fourth-order valence-corrected chi connectivity index (χ4v) is 9.16. The van der Waals surface area contributed by atoms with Crippen molar-refractivity contribution in [2.75, 3.05) is 0 Å². The average molecular weight is 582 g/mol. The van der Waals surface area contributed by atoms with Gasteiger partial charge in [-0.1, -0.05) is 78.9 Å². The summed E-state index contributed by atoms with van der Waals surface area (Å²) in [5.74, 6) is 0. The zero-order valence-corrected chi connectivity index (χ0v) is 24.3. The van der Waals surface area contributed by atoms with Crippen LogP contribution in [-0.4, -0.2) is 4.57 Å². The summed E-state index contributed by atoms with van der Waals surface area (Å²) >= 11 is 3.50. The highest BCUT2D eigenvalue weighted by molar-refractivity contribution is 7.27. The molecule has 9 rings (SSSR count). The van der Waals surface area contributed by atoms with Crippen molar-refractivity contribution >= 4 is 84.8 Å². The van der Waals surface area contributed by atoms with E-state index >= 15 is 0 Å². The number of aromatic nitrogens is 1. The molecule has 0 atom stereocenters. The van der Waals surface area contributed by atoms with Crippen LogP contribution < -0.4 is 0 Å². The van der Waals surface area contributed by atoms with Gasteiger partial charge in [-0.05, 0) is 42.0 Å². The van der Waals surface area contributed by atoms with E-state index in [4.69, 9.17) is 0 Å². The van der Waals surface area contributed by atoms with Gasteiger partial charge in [0, 0.05) is 47.3 Å². The van der Waals surface area contributed by atoms with Gasteiger partial charge in [0.05, 0.1) is 43.3 Å². The minimum Gasteiger partial charge on any atom is -0.308 e. The second-order valence-electron chi connectivity index (χ2n) is 10.7. The third kappa shape index (κ3) is 3.32. The number of nitriles is 2. The molecule has 6 aromatic carbocycles. The summed E-state index contributed by atoms with van der Waals surface area (Å²) in [5.41, 5.74) is 6.79. The molecule has 0 aliphatic heterocycles. The van der Waals surface area contributed by atoms with Gasteiger partial charge in [-0.25, -0.2) is 0 Å². The molecular formula is C38H19N3S2. The molecule has 3 aromatic heterocycles. The van der Waals surface area contributed by atoms with Crippen LogP contribution >= 0.6 is 22.7 Å². The summed E-state index contributed by atoms with van der Waals surface area (Å²) in [7, 11) is 0. The Morgan fingerprint density at radius 2 is 1.28 bits per heavy atom. The van der Waals surface area contributed by atoms with Crippen molar-refractivity contribution in [2.24, 2.45) is 0 Å². The van der Waals surface area contributed by atoms with E-state index in [9.17, 15) is 10.5 Å². The number of rotatable bonds is 2. The van der Waals surface area contributed by atoms with Crippen LogP contribution in [0.1, 0.15) is 11.1 Å². The van der Waals surface area contributed by atoms with Gasteiger partial charge in [-0.15, -0.1) is 22.7 Å². The smallest absolute Gasteiger partial charge is 0.101 e. The number of para-hydroxylation sites is 1. The number of hydrogen-bond donors (Lipinski definition) is 0. The number of hydrogen-bond acceptors (Lipinski definition) is 4. The van der Waals surface area contributed by atoms with Crippen LogP contribution in [-0.2, 0) is 0 Å². The van der Waals surface area contributed by atoms with Gasteiger partial charge >= 0.3 is 0 Å². The highest BCUT2D eigenvalue weighted by Crippen LogP contribution is 2.48. The topological polar surface area (TPSA) is 52.5 Å². The summed E-state index contributed by atoms with van der Waals surface area (Å²) < 4.78 is 6.93. The minimum atomic E-state index is 0.630. The minimum absolute atomic E-state index is 0.630. The van der Waals surface area contributed by atoms with E-state index in [0.717, 1.165) is 53.2 Å². The van der Waals surface area contributed by atoms with Crippen molar-refractivity contribution in [3.8, 4) is 29.0 Å². The maximum Gasteiger partial charge on any atom is 0.101 e. The lowest BCUT2D eigenvalue weighted by Gasteiger charge is -2.10. The predicted octanol–water partition coefficient (Wildman–Crippen LogP) is 10.9. The highest BCUT2D eigenvalue weighted by atomic mass is 32.1. The molecule has 0 saturated carbocycles. The van der Waals surface area contributed by atoms with Gasteiger partial charge in [0.1, 0.15) is 6.07 Å². The zero-order chi connectivity index (χ0) is 28.7. The fourth-order valence-electron chi connectivity index (χ4n) is 6.63. The summed E-state index contributed by atoms with van der Waals surface area (Å²) in [6, 6.07) is 44.8. The van der Waals surface area contributed by atoms with E-state index in [1.807, 2.05) is 29.5 Å². The standard InChI is InChI=1S/C38H19N3S2/c39-20-22-15-17-25-24-7-1-3-12-31(24)41(33(25)19-22)32-13-6-11-30-35-27(18-16-23(21-40)36(35)43-38(30)32)29-10-5-9-28-26-8-2-4-14-34(26)42-37(28)29/h1-19H. The first-order valence-electron chi connectivity index (χ1n) is 14.0. The van der Waals surface area contributed by atoms with E-state index in [1.165, 1.54) is 25.7 Å². The number of fused-ring (bicyclic) bond motifs is 9. The van der Waals surface area contributed by atoms with Crippen molar-refractivity contribution in [1.82, 2.24) is 4.57 Å².